The minimum absolute atomic E-state index is 0.0752. The Kier molecular flexibility index (Phi) is 3.61. The van der Waals surface area contributed by atoms with Crippen molar-refractivity contribution < 1.29 is 14.3 Å². The summed E-state index contributed by atoms with van der Waals surface area (Å²) in [5, 5.41) is 0. The van der Waals surface area contributed by atoms with Crippen molar-refractivity contribution >= 4 is 21.7 Å². The average Bonchev–Trinajstić information content (AvgIpc) is 3.12. The van der Waals surface area contributed by atoms with E-state index in [1.54, 1.807) is 5.57 Å². The Balaban J connectivity index is 1.42. The molecule has 1 aliphatic heterocycles. The van der Waals surface area contributed by atoms with Gasteiger partial charge in [-0.3, -0.25) is 4.79 Å². The number of ether oxygens (including phenoxy) is 2. The Morgan fingerprint density at radius 1 is 1.17 bits per heavy atom. The third kappa shape index (κ3) is 2.12. The number of rotatable bonds is 0. The molecule has 4 aliphatic carbocycles. The highest BCUT2D eigenvalue weighted by Gasteiger charge is 2.59. The monoisotopic (exact) mass is 394 g/mol. The lowest BCUT2D eigenvalue weighted by Gasteiger charge is -2.52. The molecule has 0 radical (unpaired) electrons. The molecule has 0 aromatic carbocycles. The van der Waals surface area contributed by atoms with E-state index in [2.05, 4.69) is 28.9 Å². The van der Waals surface area contributed by atoms with Crippen LogP contribution in [0.25, 0.3) is 0 Å². The molecule has 1 spiro atoms. The molecular weight excluding hydrogens is 368 g/mol. The van der Waals surface area contributed by atoms with Crippen LogP contribution in [0.3, 0.4) is 0 Å². The first-order valence-electron chi connectivity index (χ1n) is 9.68. The Bertz CT molecular complexity index is 594. The maximum Gasteiger partial charge on any atom is 0.172 e. The normalized spacial score (nSPS) is 49.5. The van der Waals surface area contributed by atoms with Gasteiger partial charge in [-0.05, 0) is 55.8 Å². The fourth-order valence-corrected chi connectivity index (χ4v) is 7.66. The van der Waals surface area contributed by atoms with Crippen LogP contribution >= 0.6 is 15.9 Å². The molecule has 0 aromatic heterocycles. The lowest BCUT2D eigenvalue weighted by atomic mass is 9.53. The molecule has 0 amide bonds. The maximum absolute atomic E-state index is 12.7. The largest absolute Gasteiger partial charge is 0.347 e. The number of hydrogen-bond donors (Lipinski definition) is 0. The van der Waals surface area contributed by atoms with Crippen LogP contribution in [0.1, 0.15) is 51.9 Å². The quantitative estimate of drug-likeness (QED) is 0.455. The summed E-state index contributed by atoms with van der Waals surface area (Å²) in [4.78, 5) is 12.8. The average molecular weight is 395 g/mol. The topological polar surface area (TPSA) is 35.5 Å². The van der Waals surface area contributed by atoms with Crippen LogP contribution in [0.15, 0.2) is 11.6 Å². The first kappa shape index (κ1) is 16.0. The van der Waals surface area contributed by atoms with Crippen molar-refractivity contribution in [2.45, 2.75) is 62.5 Å². The molecule has 24 heavy (non-hydrogen) atoms. The number of ketones is 1. The number of alkyl halides is 1. The molecule has 3 saturated carbocycles. The van der Waals surface area contributed by atoms with E-state index in [9.17, 15) is 4.79 Å². The van der Waals surface area contributed by atoms with E-state index in [0.717, 1.165) is 51.2 Å². The van der Waals surface area contributed by atoms with Crippen LogP contribution in [0.4, 0.5) is 0 Å². The van der Waals surface area contributed by atoms with Crippen molar-refractivity contribution in [2.24, 2.45) is 29.1 Å². The number of allylic oxidation sites excluding steroid dienone is 1. The molecular formula is C20H27BrO3. The van der Waals surface area contributed by atoms with Crippen LogP contribution in [0.5, 0.6) is 0 Å². The SMILES string of the molecule is C[C@]12CC[C@H]3[C@@H](CC=C4CC5(CC[C@@H]43)OCCO5)[C@@H]1C[C@H](Br)C2=O. The fourth-order valence-electron chi connectivity index (χ4n) is 6.74. The summed E-state index contributed by atoms with van der Waals surface area (Å²) >= 11 is 3.66. The zero-order valence-corrected chi connectivity index (χ0v) is 16.0. The van der Waals surface area contributed by atoms with E-state index in [1.165, 1.54) is 12.8 Å². The fraction of sp³-hybridized carbons (Fsp3) is 0.850. The second-order valence-corrected chi connectivity index (χ2v) is 10.0. The van der Waals surface area contributed by atoms with Crippen molar-refractivity contribution in [3.05, 3.63) is 11.6 Å². The molecule has 4 heteroatoms. The van der Waals surface area contributed by atoms with Gasteiger partial charge in [-0.1, -0.05) is 34.5 Å². The third-order valence-electron chi connectivity index (χ3n) is 7.96. The van der Waals surface area contributed by atoms with Crippen molar-refractivity contribution in [3.63, 3.8) is 0 Å². The molecule has 5 rings (SSSR count). The molecule has 0 aromatic rings. The Labute approximate surface area is 152 Å². The smallest absolute Gasteiger partial charge is 0.172 e. The molecule has 3 nitrogen and oxygen atoms in total. The third-order valence-corrected chi connectivity index (χ3v) is 8.75. The molecule has 132 valence electrons. The summed E-state index contributed by atoms with van der Waals surface area (Å²) in [5.41, 5.74) is 1.52. The highest BCUT2D eigenvalue weighted by Crippen LogP contribution is 2.61. The summed E-state index contributed by atoms with van der Waals surface area (Å²) in [6.45, 7) is 3.74. The number of carbonyl (C=O) groups excluding carboxylic acids is 1. The van der Waals surface area contributed by atoms with Gasteiger partial charge in [-0.2, -0.15) is 0 Å². The summed E-state index contributed by atoms with van der Waals surface area (Å²) in [6.07, 6.45) is 10.2. The molecule has 0 N–H and O–H groups in total. The van der Waals surface area contributed by atoms with Crippen molar-refractivity contribution in [2.75, 3.05) is 13.2 Å². The van der Waals surface area contributed by atoms with Gasteiger partial charge in [0.1, 0.15) is 0 Å². The highest BCUT2D eigenvalue weighted by atomic mass is 79.9. The molecule has 0 bridgehead atoms. The van der Waals surface area contributed by atoms with Gasteiger partial charge in [0.25, 0.3) is 0 Å². The number of fused-ring (bicyclic) bond motifs is 5. The Morgan fingerprint density at radius 3 is 2.75 bits per heavy atom. The number of halogens is 1. The number of Topliss-reactive ketones (excluding diaryl/α,β-unsaturated/α-hetero) is 1. The van der Waals surface area contributed by atoms with E-state index in [4.69, 9.17) is 9.47 Å². The second kappa shape index (κ2) is 5.40. The molecule has 5 aliphatic rings. The summed E-state index contributed by atoms with van der Waals surface area (Å²) in [6, 6.07) is 0. The van der Waals surface area contributed by atoms with Gasteiger partial charge < -0.3 is 9.47 Å². The second-order valence-electron chi connectivity index (χ2n) is 8.90. The lowest BCUT2D eigenvalue weighted by Crippen LogP contribution is -2.48. The van der Waals surface area contributed by atoms with Gasteiger partial charge >= 0.3 is 0 Å². The molecule has 0 unspecified atom stereocenters. The van der Waals surface area contributed by atoms with E-state index in [0.29, 0.717) is 23.5 Å². The predicted octanol–water partition coefficient (Wildman–Crippen LogP) is 4.24. The van der Waals surface area contributed by atoms with Crippen molar-refractivity contribution in [1.82, 2.24) is 0 Å². The Hall–Kier alpha value is -0.190. The van der Waals surface area contributed by atoms with Gasteiger partial charge in [-0.15, -0.1) is 0 Å². The molecule has 1 heterocycles. The van der Waals surface area contributed by atoms with Crippen LogP contribution in [-0.4, -0.2) is 29.6 Å². The number of hydrogen-bond acceptors (Lipinski definition) is 3. The molecule has 6 atom stereocenters. The van der Waals surface area contributed by atoms with E-state index in [1.807, 2.05) is 0 Å². The van der Waals surface area contributed by atoms with Gasteiger partial charge in [0.15, 0.2) is 11.6 Å². The van der Waals surface area contributed by atoms with Crippen LogP contribution in [-0.2, 0) is 14.3 Å². The molecule has 1 saturated heterocycles. The summed E-state index contributed by atoms with van der Waals surface area (Å²) < 4.78 is 11.9. The van der Waals surface area contributed by atoms with Gasteiger partial charge in [-0.25, -0.2) is 0 Å². The first-order valence-corrected chi connectivity index (χ1v) is 10.6. The van der Waals surface area contributed by atoms with E-state index < -0.39 is 0 Å². The Morgan fingerprint density at radius 2 is 1.96 bits per heavy atom. The van der Waals surface area contributed by atoms with Crippen LogP contribution in [0.2, 0.25) is 0 Å². The van der Waals surface area contributed by atoms with Crippen molar-refractivity contribution in [1.29, 1.82) is 0 Å². The van der Waals surface area contributed by atoms with Crippen LogP contribution < -0.4 is 0 Å². The molecule has 4 fully saturated rings. The van der Waals surface area contributed by atoms with Gasteiger partial charge in [0.05, 0.1) is 18.0 Å². The van der Waals surface area contributed by atoms with Crippen LogP contribution in [0, 0.1) is 29.1 Å². The number of carbonyl (C=O) groups is 1. The van der Waals surface area contributed by atoms with Gasteiger partial charge in [0, 0.05) is 18.3 Å². The maximum atomic E-state index is 12.7. The zero-order chi connectivity index (χ0) is 16.5. The van der Waals surface area contributed by atoms with E-state index >= 15 is 0 Å². The zero-order valence-electron chi connectivity index (χ0n) is 14.4. The highest BCUT2D eigenvalue weighted by molar-refractivity contribution is 9.10. The minimum atomic E-state index is -0.303. The standard InChI is InChI=1S/C20H27BrO3/c1-19-6-4-14-13-5-7-20(23-8-9-24-20)11-12(13)2-3-15(14)16(19)10-17(21)18(19)22/h2,13-17H,3-11H2,1H3/t13-,14+,15+,16-,17-,19-/m0/s1. The van der Waals surface area contributed by atoms with E-state index in [-0.39, 0.29) is 16.0 Å². The van der Waals surface area contributed by atoms with Crippen molar-refractivity contribution in [3.8, 4) is 0 Å². The minimum Gasteiger partial charge on any atom is -0.347 e. The van der Waals surface area contributed by atoms with Gasteiger partial charge in [0.2, 0.25) is 0 Å². The lowest BCUT2D eigenvalue weighted by molar-refractivity contribution is -0.176. The summed E-state index contributed by atoms with van der Waals surface area (Å²) in [7, 11) is 0. The predicted molar refractivity (Wildman–Crippen MR) is 94.8 cm³/mol. The first-order chi connectivity index (χ1) is 11.5. The summed E-state index contributed by atoms with van der Waals surface area (Å²) in [5.74, 6) is 2.91.